The zero-order valence-corrected chi connectivity index (χ0v) is 9.98. The molecule has 0 saturated heterocycles. The Labute approximate surface area is 97.1 Å². The van der Waals surface area contributed by atoms with Gasteiger partial charge >= 0.3 is 0 Å². The van der Waals surface area contributed by atoms with Gasteiger partial charge in [0.2, 0.25) is 0 Å². The molecule has 0 radical (unpaired) electrons. The molecule has 3 nitrogen and oxygen atoms in total. The van der Waals surface area contributed by atoms with Gasteiger partial charge in [-0.1, -0.05) is 13.0 Å². The van der Waals surface area contributed by atoms with Crippen molar-refractivity contribution in [3.63, 3.8) is 0 Å². The minimum atomic E-state index is 0.137. The maximum atomic E-state index is 11.5. The van der Waals surface area contributed by atoms with Crippen molar-refractivity contribution in [2.24, 2.45) is 5.92 Å². The number of hydrogen-bond acceptors (Lipinski definition) is 3. The SMILES string of the molecule is CCCN1CC(CO)=CC2CC(=O)CCC21. The number of rotatable bonds is 3. The molecule has 2 aliphatic rings. The predicted octanol–water partition coefficient (Wildman–Crippen LogP) is 1.37. The minimum Gasteiger partial charge on any atom is -0.392 e. The van der Waals surface area contributed by atoms with E-state index in [0.29, 0.717) is 24.2 Å². The molecule has 1 N–H and O–H groups in total. The lowest BCUT2D eigenvalue weighted by Crippen LogP contribution is -2.48. The van der Waals surface area contributed by atoms with Crippen LogP contribution in [0.3, 0.4) is 0 Å². The standard InChI is InChI=1S/C13H21NO2/c1-2-5-14-8-10(9-15)6-11-7-12(16)3-4-13(11)14/h6,11,13,15H,2-5,7-9H2,1H3. The first kappa shape index (κ1) is 11.8. The van der Waals surface area contributed by atoms with Crippen LogP contribution in [0.5, 0.6) is 0 Å². The number of nitrogens with zero attached hydrogens (tertiary/aromatic N) is 1. The number of aliphatic hydroxyl groups excluding tert-OH is 1. The number of carbonyl (C=O) groups is 1. The fraction of sp³-hybridized carbons (Fsp3) is 0.769. The Morgan fingerprint density at radius 3 is 3.06 bits per heavy atom. The predicted molar refractivity (Wildman–Crippen MR) is 63.2 cm³/mol. The second-order valence-corrected chi connectivity index (χ2v) is 4.97. The number of ketones is 1. The molecule has 90 valence electrons. The van der Waals surface area contributed by atoms with Gasteiger partial charge in [-0.05, 0) is 30.9 Å². The second-order valence-electron chi connectivity index (χ2n) is 4.97. The van der Waals surface area contributed by atoms with Crippen LogP contribution in [0, 0.1) is 5.92 Å². The monoisotopic (exact) mass is 223 g/mol. The minimum absolute atomic E-state index is 0.137. The van der Waals surface area contributed by atoms with Crippen LogP contribution in [0.4, 0.5) is 0 Å². The molecule has 16 heavy (non-hydrogen) atoms. The molecular weight excluding hydrogens is 202 g/mol. The third kappa shape index (κ3) is 2.36. The quantitative estimate of drug-likeness (QED) is 0.735. The van der Waals surface area contributed by atoms with E-state index in [1.807, 2.05) is 0 Å². The lowest BCUT2D eigenvalue weighted by atomic mass is 9.79. The van der Waals surface area contributed by atoms with Crippen LogP contribution in [0.1, 0.15) is 32.6 Å². The van der Waals surface area contributed by atoms with E-state index in [9.17, 15) is 9.90 Å². The van der Waals surface area contributed by atoms with E-state index in [1.165, 1.54) is 0 Å². The normalized spacial score (nSPS) is 31.1. The van der Waals surface area contributed by atoms with Crippen LogP contribution in [-0.2, 0) is 4.79 Å². The first-order valence-corrected chi connectivity index (χ1v) is 6.30. The Morgan fingerprint density at radius 2 is 2.38 bits per heavy atom. The summed E-state index contributed by atoms with van der Waals surface area (Å²) in [5.41, 5.74) is 1.09. The van der Waals surface area contributed by atoms with Gasteiger partial charge < -0.3 is 5.11 Å². The number of fused-ring (bicyclic) bond motifs is 1. The molecular formula is C13H21NO2. The number of aliphatic hydroxyl groups is 1. The molecule has 2 rings (SSSR count). The van der Waals surface area contributed by atoms with E-state index in [4.69, 9.17) is 0 Å². The summed E-state index contributed by atoms with van der Waals surface area (Å²) in [6.45, 7) is 4.28. The van der Waals surface area contributed by atoms with Gasteiger partial charge in [0, 0.05) is 25.4 Å². The molecule has 0 aromatic heterocycles. The van der Waals surface area contributed by atoms with Gasteiger partial charge in [-0.2, -0.15) is 0 Å². The largest absolute Gasteiger partial charge is 0.392 e. The van der Waals surface area contributed by atoms with Crippen molar-refractivity contribution in [2.75, 3.05) is 19.7 Å². The summed E-state index contributed by atoms with van der Waals surface area (Å²) in [4.78, 5) is 13.9. The van der Waals surface area contributed by atoms with E-state index in [0.717, 1.165) is 37.9 Å². The van der Waals surface area contributed by atoms with Gasteiger partial charge in [0.1, 0.15) is 5.78 Å². The molecule has 0 bridgehead atoms. The molecule has 0 aromatic rings. The van der Waals surface area contributed by atoms with Crippen LogP contribution in [-0.4, -0.2) is 41.5 Å². The molecule has 1 fully saturated rings. The lowest BCUT2D eigenvalue weighted by molar-refractivity contribution is -0.122. The number of hydrogen-bond donors (Lipinski definition) is 1. The molecule has 3 heteroatoms. The lowest BCUT2D eigenvalue weighted by Gasteiger charge is -2.42. The van der Waals surface area contributed by atoms with Gasteiger partial charge in [-0.25, -0.2) is 0 Å². The molecule has 0 spiro atoms. The maximum Gasteiger partial charge on any atom is 0.133 e. The van der Waals surface area contributed by atoms with Gasteiger partial charge in [-0.3, -0.25) is 9.69 Å². The smallest absolute Gasteiger partial charge is 0.133 e. The van der Waals surface area contributed by atoms with Crippen molar-refractivity contribution >= 4 is 5.78 Å². The molecule has 1 saturated carbocycles. The first-order chi connectivity index (χ1) is 7.74. The highest BCUT2D eigenvalue weighted by Crippen LogP contribution is 2.32. The topological polar surface area (TPSA) is 40.5 Å². The van der Waals surface area contributed by atoms with E-state index < -0.39 is 0 Å². The van der Waals surface area contributed by atoms with E-state index in [2.05, 4.69) is 17.9 Å². The summed E-state index contributed by atoms with van der Waals surface area (Å²) in [7, 11) is 0. The molecule has 1 heterocycles. The van der Waals surface area contributed by atoms with E-state index >= 15 is 0 Å². The Hall–Kier alpha value is -0.670. The summed E-state index contributed by atoms with van der Waals surface area (Å²) < 4.78 is 0. The maximum absolute atomic E-state index is 11.5. The highest BCUT2D eigenvalue weighted by Gasteiger charge is 2.34. The Kier molecular flexibility index (Phi) is 3.77. The second kappa shape index (κ2) is 5.11. The highest BCUT2D eigenvalue weighted by molar-refractivity contribution is 5.80. The van der Waals surface area contributed by atoms with Crippen LogP contribution < -0.4 is 0 Å². The highest BCUT2D eigenvalue weighted by atomic mass is 16.3. The van der Waals surface area contributed by atoms with Crippen LogP contribution >= 0.6 is 0 Å². The fourth-order valence-electron chi connectivity index (χ4n) is 3.02. The van der Waals surface area contributed by atoms with Gasteiger partial charge in [0.15, 0.2) is 0 Å². The van der Waals surface area contributed by atoms with Gasteiger partial charge in [0.25, 0.3) is 0 Å². The van der Waals surface area contributed by atoms with E-state index in [-0.39, 0.29) is 6.61 Å². The van der Waals surface area contributed by atoms with Crippen molar-refractivity contribution in [1.82, 2.24) is 4.90 Å². The molecule has 0 amide bonds. The number of Topliss-reactive ketones (excluding diaryl/α,β-unsaturated/α-hetero) is 1. The summed E-state index contributed by atoms with van der Waals surface area (Å²) in [5.74, 6) is 0.733. The number of carbonyl (C=O) groups excluding carboxylic acids is 1. The molecule has 2 atom stereocenters. The van der Waals surface area contributed by atoms with Crippen molar-refractivity contribution in [1.29, 1.82) is 0 Å². The Morgan fingerprint density at radius 1 is 1.56 bits per heavy atom. The van der Waals surface area contributed by atoms with Crippen molar-refractivity contribution < 1.29 is 9.90 Å². The summed E-state index contributed by atoms with van der Waals surface area (Å²) in [6, 6.07) is 0.535. The first-order valence-electron chi connectivity index (χ1n) is 6.30. The molecule has 1 aliphatic heterocycles. The van der Waals surface area contributed by atoms with Crippen molar-refractivity contribution in [3.05, 3.63) is 11.6 Å². The average Bonchev–Trinajstić information content (AvgIpc) is 2.28. The van der Waals surface area contributed by atoms with Crippen LogP contribution in [0.2, 0.25) is 0 Å². The third-order valence-electron chi connectivity index (χ3n) is 3.72. The molecule has 1 aliphatic carbocycles. The summed E-state index contributed by atoms with van der Waals surface area (Å²) in [5, 5.41) is 9.25. The molecule has 2 unspecified atom stereocenters. The zero-order chi connectivity index (χ0) is 11.5. The van der Waals surface area contributed by atoms with Gasteiger partial charge in [0.05, 0.1) is 6.61 Å². The van der Waals surface area contributed by atoms with Crippen LogP contribution in [0.25, 0.3) is 0 Å². The van der Waals surface area contributed by atoms with Crippen molar-refractivity contribution in [3.8, 4) is 0 Å². The molecule has 0 aromatic carbocycles. The van der Waals surface area contributed by atoms with Crippen molar-refractivity contribution in [2.45, 2.75) is 38.6 Å². The third-order valence-corrected chi connectivity index (χ3v) is 3.72. The van der Waals surface area contributed by atoms with Crippen LogP contribution in [0.15, 0.2) is 11.6 Å². The summed E-state index contributed by atoms with van der Waals surface area (Å²) in [6.07, 6.45) is 5.69. The zero-order valence-electron chi connectivity index (χ0n) is 9.98. The van der Waals surface area contributed by atoms with Gasteiger partial charge in [-0.15, -0.1) is 0 Å². The fourth-order valence-corrected chi connectivity index (χ4v) is 3.02. The Balaban J connectivity index is 2.14. The Bertz CT molecular complexity index is 298. The summed E-state index contributed by atoms with van der Waals surface area (Å²) >= 11 is 0. The average molecular weight is 223 g/mol. The van der Waals surface area contributed by atoms with E-state index in [1.54, 1.807) is 0 Å².